The van der Waals surface area contributed by atoms with E-state index in [4.69, 9.17) is 0 Å². The van der Waals surface area contributed by atoms with Crippen LogP contribution in [0.1, 0.15) is 11.3 Å². The molecule has 0 atom stereocenters. The van der Waals surface area contributed by atoms with E-state index < -0.39 is 0 Å². The van der Waals surface area contributed by atoms with Crippen LogP contribution in [0.4, 0.5) is 0 Å². The standard InChI is InChI=1S/C5H8N2.U/c1-4-3-6-7-5(4)2;/h3H,1-2H3,(H,6,7);. The van der Waals surface area contributed by atoms with Crippen LogP contribution in [0.2, 0.25) is 0 Å². The Labute approximate surface area is 72.4 Å². The number of aromatic amines is 1. The molecule has 0 radical (unpaired) electrons. The van der Waals surface area contributed by atoms with Crippen molar-refractivity contribution in [3.8, 4) is 0 Å². The summed E-state index contributed by atoms with van der Waals surface area (Å²) in [5, 5.41) is 6.61. The van der Waals surface area contributed by atoms with Crippen LogP contribution >= 0.6 is 0 Å². The zero-order valence-corrected chi connectivity index (χ0v) is 9.19. The van der Waals surface area contributed by atoms with Crippen LogP contribution < -0.4 is 0 Å². The molecule has 0 aliphatic rings. The molecule has 2 nitrogen and oxygen atoms in total. The van der Waals surface area contributed by atoms with E-state index in [9.17, 15) is 0 Å². The predicted octanol–water partition coefficient (Wildman–Crippen LogP) is 1.03. The van der Waals surface area contributed by atoms with Gasteiger partial charge in [0.25, 0.3) is 0 Å². The van der Waals surface area contributed by atoms with Gasteiger partial charge in [-0.1, -0.05) is 0 Å². The maximum Gasteiger partial charge on any atom is 0.0519 e. The summed E-state index contributed by atoms with van der Waals surface area (Å²) >= 11 is 0. The molecular weight excluding hydrogens is 326 g/mol. The normalized spacial score (nSPS) is 8.25. The average Bonchev–Trinajstić information content (AvgIpc) is 1.91. The Morgan fingerprint density at radius 1 is 1.50 bits per heavy atom. The molecule has 8 heavy (non-hydrogen) atoms. The van der Waals surface area contributed by atoms with Crippen LogP contribution in [0.25, 0.3) is 0 Å². The smallest absolute Gasteiger partial charge is 0.0519 e. The summed E-state index contributed by atoms with van der Waals surface area (Å²) in [6, 6.07) is 0. The van der Waals surface area contributed by atoms with Gasteiger partial charge < -0.3 is 0 Å². The van der Waals surface area contributed by atoms with Gasteiger partial charge in [-0.25, -0.2) is 0 Å². The summed E-state index contributed by atoms with van der Waals surface area (Å²) < 4.78 is 0. The molecule has 1 aromatic heterocycles. The first-order valence-electron chi connectivity index (χ1n) is 2.27. The Balaban J connectivity index is 0.000000490. The van der Waals surface area contributed by atoms with Gasteiger partial charge in [-0.3, -0.25) is 5.10 Å². The minimum Gasteiger partial charge on any atom is -0.283 e. The molecule has 0 unspecified atom stereocenters. The molecule has 0 saturated carbocycles. The van der Waals surface area contributed by atoms with Crippen LogP contribution in [0.3, 0.4) is 0 Å². The van der Waals surface area contributed by atoms with Crippen molar-refractivity contribution in [2.45, 2.75) is 13.8 Å². The Morgan fingerprint density at radius 2 is 2.12 bits per heavy atom. The van der Waals surface area contributed by atoms with E-state index in [2.05, 4.69) is 10.2 Å². The number of rotatable bonds is 0. The summed E-state index contributed by atoms with van der Waals surface area (Å²) in [5.41, 5.74) is 2.38. The molecule has 0 amide bonds. The van der Waals surface area contributed by atoms with Crippen molar-refractivity contribution in [2.24, 2.45) is 0 Å². The maximum atomic E-state index is 3.80. The number of hydrogen-bond acceptors (Lipinski definition) is 1. The molecule has 0 aliphatic heterocycles. The van der Waals surface area contributed by atoms with Gasteiger partial charge in [0.1, 0.15) is 0 Å². The molecule has 0 spiro atoms. The molecule has 0 bridgehead atoms. The Morgan fingerprint density at radius 3 is 2.25 bits per heavy atom. The number of aryl methyl sites for hydroxylation is 2. The summed E-state index contributed by atoms with van der Waals surface area (Å²) in [6.07, 6.45) is 1.81. The maximum absolute atomic E-state index is 3.80. The topological polar surface area (TPSA) is 28.7 Å². The minimum absolute atomic E-state index is 0. The average molecular weight is 334 g/mol. The fourth-order valence-corrected chi connectivity index (χ4v) is 0.411. The zero-order chi connectivity index (χ0) is 5.28. The van der Waals surface area contributed by atoms with E-state index in [1.54, 1.807) is 0 Å². The Hall–Kier alpha value is 0.262. The van der Waals surface area contributed by atoms with Gasteiger partial charge in [0.05, 0.1) is 6.20 Å². The van der Waals surface area contributed by atoms with Crippen molar-refractivity contribution in [3.05, 3.63) is 17.5 Å². The first-order valence-corrected chi connectivity index (χ1v) is 2.27. The summed E-state index contributed by atoms with van der Waals surface area (Å²) in [6.45, 7) is 4.03. The van der Waals surface area contributed by atoms with E-state index >= 15 is 0 Å². The number of aromatic nitrogens is 2. The summed E-state index contributed by atoms with van der Waals surface area (Å²) in [7, 11) is 0. The molecule has 42 valence electrons. The number of nitrogens with zero attached hydrogens (tertiary/aromatic N) is 1. The van der Waals surface area contributed by atoms with Gasteiger partial charge in [-0.15, -0.1) is 0 Å². The van der Waals surface area contributed by atoms with Crippen LogP contribution in [-0.4, -0.2) is 10.2 Å². The van der Waals surface area contributed by atoms with Gasteiger partial charge in [0.15, 0.2) is 0 Å². The second-order valence-corrected chi connectivity index (χ2v) is 1.68. The molecule has 1 rings (SSSR count). The van der Waals surface area contributed by atoms with Gasteiger partial charge in [0.2, 0.25) is 0 Å². The second-order valence-electron chi connectivity index (χ2n) is 1.68. The van der Waals surface area contributed by atoms with Crippen molar-refractivity contribution in [1.29, 1.82) is 0 Å². The molecule has 3 heteroatoms. The van der Waals surface area contributed by atoms with Crippen molar-refractivity contribution in [2.75, 3.05) is 0 Å². The van der Waals surface area contributed by atoms with E-state index in [0.717, 1.165) is 5.69 Å². The molecule has 0 fully saturated rings. The summed E-state index contributed by atoms with van der Waals surface area (Å²) in [4.78, 5) is 0. The fraction of sp³-hybridized carbons (Fsp3) is 0.400. The van der Waals surface area contributed by atoms with Crippen LogP contribution in [0, 0.1) is 45.0 Å². The minimum atomic E-state index is 0. The van der Waals surface area contributed by atoms with Crippen molar-refractivity contribution < 1.29 is 31.1 Å². The third-order valence-corrected chi connectivity index (χ3v) is 1.08. The monoisotopic (exact) mass is 334 g/mol. The molecule has 1 N–H and O–H groups in total. The van der Waals surface area contributed by atoms with Crippen LogP contribution in [0.5, 0.6) is 0 Å². The van der Waals surface area contributed by atoms with Crippen molar-refractivity contribution >= 4 is 0 Å². The van der Waals surface area contributed by atoms with Gasteiger partial charge in [0, 0.05) is 36.8 Å². The molecule has 1 aromatic rings. The largest absolute Gasteiger partial charge is 0.283 e. The van der Waals surface area contributed by atoms with Gasteiger partial charge in [-0.05, 0) is 19.4 Å². The van der Waals surface area contributed by atoms with E-state index in [1.165, 1.54) is 5.56 Å². The second kappa shape index (κ2) is 3.32. The number of H-pyrrole nitrogens is 1. The first kappa shape index (κ1) is 8.26. The van der Waals surface area contributed by atoms with Gasteiger partial charge in [-0.2, -0.15) is 5.10 Å². The van der Waals surface area contributed by atoms with E-state index in [0.29, 0.717) is 0 Å². The summed E-state index contributed by atoms with van der Waals surface area (Å²) in [5.74, 6) is 0. The molecule has 0 aliphatic carbocycles. The first-order chi connectivity index (χ1) is 3.30. The molecule has 0 aromatic carbocycles. The van der Waals surface area contributed by atoms with E-state index in [1.807, 2.05) is 20.0 Å². The molecular formula is C5H8N2U. The van der Waals surface area contributed by atoms with E-state index in [-0.39, 0.29) is 31.1 Å². The number of hydrogen-bond donors (Lipinski definition) is 1. The van der Waals surface area contributed by atoms with Crippen molar-refractivity contribution in [1.82, 2.24) is 10.2 Å². The number of nitrogens with one attached hydrogen (secondary N) is 1. The van der Waals surface area contributed by atoms with Crippen LogP contribution in [0.15, 0.2) is 6.20 Å². The third-order valence-electron chi connectivity index (χ3n) is 1.08. The van der Waals surface area contributed by atoms with Crippen molar-refractivity contribution in [3.63, 3.8) is 0 Å². The predicted molar refractivity (Wildman–Crippen MR) is 28.1 cm³/mol. The Kier molecular flexibility index (Phi) is 3.43. The fourth-order valence-electron chi connectivity index (χ4n) is 0.411. The van der Waals surface area contributed by atoms with Gasteiger partial charge >= 0.3 is 0 Å². The molecule has 1 heterocycles. The SMILES string of the molecule is Cc1cn[nH]c1C.[U]. The molecule has 0 saturated heterocycles. The zero-order valence-electron chi connectivity index (χ0n) is 5.02. The van der Waals surface area contributed by atoms with Crippen LogP contribution in [-0.2, 0) is 0 Å². The Bertz CT molecular complexity index is 143. The third kappa shape index (κ3) is 1.65. The quantitative estimate of drug-likeness (QED) is 0.754.